The molecule has 0 aliphatic carbocycles. The molecule has 0 spiro atoms. The summed E-state index contributed by atoms with van der Waals surface area (Å²) in [5.74, 6) is 0.304. The highest BCUT2D eigenvalue weighted by molar-refractivity contribution is 9.10. The van der Waals surface area contributed by atoms with E-state index < -0.39 is 0 Å². The van der Waals surface area contributed by atoms with Crippen LogP contribution in [0.2, 0.25) is 0 Å². The molecule has 0 aliphatic heterocycles. The van der Waals surface area contributed by atoms with Crippen molar-refractivity contribution in [3.63, 3.8) is 0 Å². The Morgan fingerprint density at radius 1 is 0.875 bits per heavy atom. The van der Waals surface area contributed by atoms with Crippen molar-refractivity contribution in [2.24, 2.45) is 0 Å². The molecule has 2 aromatic carbocycles. The van der Waals surface area contributed by atoms with E-state index in [4.69, 9.17) is 4.74 Å². The summed E-state index contributed by atoms with van der Waals surface area (Å²) in [5.41, 5.74) is 0. The maximum Gasteiger partial charge on any atom is 0.202 e. The average Bonchev–Trinajstić information content (AvgIpc) is 2.31. The van der Waals surface area contributed by atoms with E-state index in [1.807, 2.05) is 18.2 Å². The molecular formula is C12H9BrO3. The van der Waals surface area contributed by atoms with Gasteiger partial charge in [-0.1, -0.05) is 18.2 Å². The highest BCUT2D eigenvalue weighted by atomic mass is 79.9. The van der Waals surface area contributed by atoms with Crippen LogP contribution in [0.4, 0.5) is 0 Å². The van der Waals surface area contributed by atoms with Gasteiger partial charge in [0, 0.05) is 0 Å². The number of phenolic OH excluding ortho intramolecular Hbond substituents is 2. The first-order valence-electron chi connectivity index (χ1n) is 4.62. The van der Waals surface area contributed by atoms with Gasteiger partial charge in [0.2, 0.25) is 5.75 Å². The molecule has 4 heteroatoms. The summed E-state index contributed by atoms with van der Waals surface area (Å²) in [4.78, 5) is 0. The van der Waals surface area contributed by atoms with Crippen LogP contribution in [-0.2, 0) is 0 Å². The van der Waals surface area contributed by atoms with Crippen LogP contribution in [0.1, 0.15) is 0 Å². The Bertz CT molecular complexity index is 497. The highest BCUT2D eigenvalue weighted by Crippen LogP contribution is 2.42. The van der Waals surface area contributed by atoms with E-state index in [0.717, 1.165) is 0 Å². The van der Waals surface area contributed by atoms with Crippen LogP contribution in [0.3, 0.4) is 0 Å². The molecular weight excluding hydrogens is 272 g/mol. The Hall–Kier alpha value is -1.68. The molecule has 0 atom stereocenters. The van der Waals surface area contributed by atoms with Gasteiger partial charge in [-0.15, -0.1) is 0 Å². The zero-order valence-electron chi connectivity index (χ0n) is 8.22. The molecule has 82 valence electrons. The molecule has 0 unspecified atom stereocenters. The summed E-state index contributed by atoms with van der Waals surface area (Å²) in [7, 11) is 0. The normalized spacial score (nSPS) is 10.1. The largest absolute Gasteiger partial charge is 0.503 e. The van der Waals surface area contributed by atoms with E-state index >= 15 is 0 Å². The third-order valence-corrected chi connectivity index (χ3v) is 2.68. The number of phenols is 2. The van der Waals surface area contributed by atoms with E-state index in [1.165, 1.54) is 0 Å². The van der Waals surface area contributed by atoms with E-state index in [-0.39, 0.29) is 17.2 Å². The van der Waals surface area contributed by atoms with Gasteiger partial charge in [0.15, 0.2) is 11.5 Å². The Morgan fingerprint density at radius 3 is 2.25 bits per heavy atom. The molecule has 2 N–H and O–H groups in total. The molecule has 0 radical (unpaired) electrons. The minimum Gasteiger partial charge on any atom is -0.503 e. The Morgan fingerprint density at radius 2 is 1.56 bits per heavy atom. The minimum absolute atomic E-state index is 0.215. The number of ether oxygens (including phenoxy) is 1. The molecule has 2 aromatic rings. The molecule has 0 aromatic heterocycles. The second-order valence-electron chi connectivity index (χ2n) is 3.16. The molecule has 0 saturated carbocycles. The maximum atomic E-state index is 9.63. The summed E-state index contributed by atoms with van der Waals surface area (Å²) >= 11 is 3.10. The molecule has 3 nitrogen and oxygen atoms in total. The van der Waals surface area contributed by atoms with Gasteiger partial charge in [-0.3, -0.25) is 0 Å². The number of hydrogen-bond acceptors (Lipinski definition) is 3. The van der Waals surface area contributed by atoms with Crippen molar-refractivity contribution < 1.29 is 14.9 Å². The summed E-state index contributed by atoms with van der Waals surface area (Å²) < 4.78 is 5.84. The van der Waals surface area contributed by atoms with Crippen LogP contribution in [-0.4, -0.2) is 10.2 Å². The second-order valence-corrected chi connectivity index (χ2v) is 4.01. The van der Waals surface area contributed by atoms with Crippen molar-refractivity contribution in [1.82, 2.24) is 0 Å². The number of benzene rings is 2. The first-order valence-corrected chi connectivity index (χ1v) is 5.41. The first-order chi connectivity index (χ1) is 7.68. The fourth-order valence-corrected chi connectivity index (χ4v) is 1.55. The van der Waals surface area contributed by atoms with Crippen LogP contribution < -0.4 is 4.74 Å². The van der Waals surface area contributed by atoms with Crippen LogP contribution in [0.15, 0.2) is 46.9 Å². The fraction of sp³-hybridized carbons (Fsp3) is 0. The van der Waals surface area contributed by atoms with Crippen molar-refractivity contribution in [2.45, 2.75) is 0 Å². The van der Waals surface area contributed by atoms with Crippen molar-refractivity contribution in [3.05, 3.63) is 46.9 Å². The van der Waals surface area contributed by atoms with Gasteiger partial charge in [0.25, 0.3) is 0 Å². The predicted molar refractivity (Wildman–Crippen MR) is 64.0 cm³/mol. The highest BCUT2D eigenvalue weighted by Gasteiger charge is 2.11. The molecule has 0 bridgehead atoms. The zero-order valence-corrected chi connectivity index (χ0v) is 9.81. The molecule has 0 fully saturated rings. The van der Waals surface area contributed by atoms with Crippen molar-refractivity contribution >= 4 is 15.9 Å². The Labute approximate surface area is 101 Å². The standard InChI is InChI=1S/C12H9BrO3/c13-9-6-7-10(12(15)11(9)14)16-8-4-2-1-3-5-8/h1-7,14-15H. The van der Waals surface area contributed by atoms with Gasteiger partial charge >= 0.3 is 0 Å². The summed E-state index contributed by atoms with van der Waals surface area (Å²) in [6, 6.07) is 12.2. The van der Waals surface area contributed by atoms with Crippen molar-refractivity contribution in [3.8, 4) is 23.0 Å². The molecule has 0 saturated heterocycles. The lowest BCUT2D eigenvalue weighted by atomic mass is 10.3. The van der Waals surface area contributed by atoms with Gasteiger partial charge in [-0.05, 0) is 40.2 Å². The van der Waals surface area contributed by atoms with E-state index in [2.05, 4.69) is 15.9 Å². The number of rotatable bonds is 2. The lowest BCUT2D eigenvalue weighted by Gasteiger charge is -2.09. The van der Waals surface area contributed by atoms with E-state index in [0.29, 0.717) is 10.2 Å². The third-order valence-electron chi connectivity index (χ3n) is 2.04. The zero-order chi connectivity index (χ0) is 11.5. The molecule has 0 aliphatic rings. The second kappa shape index (κ2) is 4.45. The minimum atomic E-state index is -0.279. The summed E-state index contributed by atoms with van der Waals surface area (Å²) in [6.45, 7) is 0. The summed E-state index contributed by atoms with van der Waals surface area (Å²) in [5, 5.41) is 19.1. The van der Waals surface area contributed by atoms with Gasteiger partial charge < -0.3 is 14.9 Å². The monoisotopic (exact) mass is 280 g/mol. The topological polar surface area (TPSA) is 49.7 Å². The molecule has 0 heterocycles. The number of para-hydroxylation sites is 1. The molecule has 2 rings (SSSR count). The predicted octanol–water partition coefficient (Wildman–Crippen LogP) is 3.65. The van der Waals surface area contributed by atoms with Gasteiger partial charge in [-0.2, -0.15) is 0 Å². The van der Waals surface area contributed by atoms with Crippen LogP contribution in [0.25, 0.3) is 0 Å². The Kier molecular flexibility index (Phi) is 3.01. The fourth-order valence-electron chi connectivity index (χ4n) is 1.23. The average molecular weight is 281 g/mol. The Balaban J connectivity index is 2.33. The van der Waals surface area contributed by atoms with Crippen molar-refractivity contribution in [2.75, 3.05) is 0 Å². The lowest BCUT2D eigenvalue weighted by molar-refractivity contribution is 0.371. The third kappa shape index (κ3) is 2.12. The first kappa shape index (κ1) is 10.8. The quantitative estimate of drug-likeness (QED) is 0.826. The number of hydrogen-bond donors (Lipinski definition) is 2. The number of aromatic hydroxyl groups is 2. The van der Waals surface area contributed by atoms with Crippen LogP contribution >= 0.6 is 15.9 Å². The van der Waals surface area contributed by atoms with Gasteiger partial charge in [0.1, 0.15) is 5.75 Å². The van der Waals surface area contributed by atoms with Crippen LogP contribution in [0.5, 0.6) is 23.0 Å². The molecule has 0 amide bonds. The van der Waals surface area contributed by atoms with Crippen molar-refractivity contribution in [1.29, 1.82) is 0 Å². The van der Waals surface area contributed by atoms with E-state index in [1.54, 1.807) is 24.3 Å². The number of halogens is 1. The van der Waals surface area contributed by atoms with Gasteiger partial charge in [-0.25, -0.2) is 0 Å². The van der Waals surface area contributed by atoms with E-state index in [9.17, 15) is 10.2 Å². The smallest absolute Gasteiger partial charge is 0.202 e. The van der Waals surface area contributed by atoms with Gasteiger partial charge in [0.05, 0.1) is 4.47 Å². The maximum absolute atomic E-state index is 9.63. The molecule has 16 heavy (non-hydrogen) atoms. The SMILES string of the molecule is Oc1c(Br)ccc(Oc2ccccc2)c1O. The lowest BCUT2D eigenvalue weighted by Crippen LogP contribution is -1.85. The van der Waals surface area contributed by atoms with Crippen LogP contribution in [0, 0.1) is 0 Å². The summed E-state index contributed by atoms with van der Waals surface area (Å²) in [6.07, 6.45) is 0.